The summed E-state index contributed by atoms with van der Waals surface area (Å²) in [5, 5.41) is 0.766. The monoisotopic (exact) mass is 227 g/mol. The minimum absolute atomic E-state index is 0.528. The standard InChI is InChI=1S/C5H5NS.CH2Cl2S/c7-5-3-1-2-4-6-5;2-1(3)4/h1-4H,(H,6,7);1,4H. The Labute approximate surface area is 86.9 Å². The number of rotatable bonds is 0. The molecular weight excluding hydrogens is 221 g/mol. The summed E-state index contributed by atoms with van der Waals surface area (Å²) in [4.78, 5) is 3.84. The van der Waals surface area contributed by atoms with Crippen LogP contribution in [0.3, 0.4) is 0 Å². The van der Waals surface area contributed by atoms with Crippen molar-refractivity contribution < 1.29 is 0 Å². The maximum absolute atomic E-state index is 4.90. The van der Waals surface area contributed by atoms with Crippen molar-refractivity contribution in [2.24, 2.45) is 0 Å². The Kier molecular flexibility index (Phi) is 7.38. The third-order valence-electron chi connectivity index (χ3n) is 0.649. The molecule has 1 heterocycles. The van der Waals surface area contributed by atoms with Crippen LogP contribution in [-0.2, 0) is 0 Å². The summed E-state index contributed by atoms with van der Waals surface area (Å²) in [6, 6.07) is 5.60. The second-order valence-corrected chi connectivity index (χ2v) is 4.15. The van der Waals surface area contributed by atoms with Gasteiger partial charge in [0.05, 0.1) is 5.03 Å². The molecule has 0 aliphatic rings. The van der Waals surface area contributed by atoms with E-state index in [1.807, 2.05) is 18.2 Å². The molecule has 62 valence electrons. The van der Waals surface area contributed by atoms with Crippen molar-refractivity contribution in [3.8, 4) is 0 Å². The van der Waals surface area contributed by atoms with Crippen molar-refractivity contribution in [1.82, 2.24) is 4.98 Å². The van der Waals surface area contributed by atoms with Crippen molar-refractivity contribution in [3.63, 3.8) is 0 Å². The van der Waals surface area contributed by atoms with Gasteiger partial charge in [-0.05, 0) is 12.1 Å². The molecule has 0 aliphatic heterocycles. The summed E-state index contributed by atoms with van der Waals surface area (Å²) in [6.45, 7) is 0. The molecule has 0 unspecified atom stereocenters. The number of pyridine rings is 1. The SMILES string of the molecule is SC(Cl)Cl.Sc1ccccn1. The molecule has 0 saturated carbocycles. The predicted molar refractivity (Wildman–Crippen MR) is 56.0 cm³/mol. The van der Waals surface area contributed by atoms with Gasteiger partial charge in [-0.1, -0.05) is 29.3 Å². The zero-order valence-corrected chi connectivity index (χ0v) is 8.79. The molecule has 1 aromatic heterocycles. The third kappa shape index (κ3) is 10.4. The molecule has 1 nitrogen and oxygen atoms in total. The van der Waals surface area contributed by atoms with Gasteiger partial charge in [0.15, 0.2) is 0 Å². The lowest BCUT2D eigenvalue weighted by atomic mass is 10.5. The van der Waals surface area contributed by atoms with Crippen molar-refractivity contribution in [3.05, 3.63) is 24.4 Å². The van der Waals surface area contributed by atoms with E-state index in [1.54, 1.807) is 6.20 Å². The third-order valence-corrected chi connectivity index (χ3v) is 0.914. The van der Waals surface area contributed by atoms with Gasteiger partial charge in [0.25, 0.3) is 0 Å². The van der Waals surface area contributed by atoms with Crippen LogP contribution < -0.4 is 0 Å². The van der Waals surface area contributed by atoms with Crippen molar-refractivity contribution >= 4 is 48.5 Å². The first-order valence-corrected chi connectivity index (χ1v) is 4.53. The molecule has 0 radical (unpaired) electrons. The van der Waals surface area contributed by atoms with E-state index in [-0.39, 0.29) is 0 Å². The highest BCUT2D eigenvalue weighted by Gasteiger charge is 1.76. The molecule has 0 saturated heterocycles. The van der Waals surface area contributed by atoms with Gasteiger partial charge in [-0.3, -0.25) is 4.98 Å². The van der Waals surface area contributed by atoms with Crippen molar-refractivity contribution in [2.45, 2.75) is 9.19 Å². The Hall–Kier alpha value is 0.430. The first-order valence-electron chi connectivity index (χ1n) is 2.69. The van der Waals surface area contributed by atoms with E-state index in [0.717, 1.165) is 5.03 Å². The van der Waals surface area contributed by atoms with E-state index in [1.165, 1.54) is 0 Å². The summed E-state index contributed by atoms with van der Waals surface area (Å²) in [5.41, 5.74) is 0. The number of hydrogen-bond donors (Lipinski definition) is 2. The van der Waals surface area contributed by atoms with Crippen LogP contribution in [0.25, 0.3) is 0 Å². The zero-order valence-electron chi connectivity index (χ0n) is 5.48. The maximum Gasteiger partial charge on any atom is 0.150 e. The number of nitrogens with zero attached hydrogens (tertiary/aromatic N) is 1. The van der Waals surface area contributed by atoms with Crippen LogP contribution in [0.5, 0.6) is 0 Å². The first-order chi connectivity index (χ1) is 5.13. The van der Waals surface area contributed by atoms with Gasteiger partial charge in [0.2, 0.25) is 0 Å². The molecule has 0 fully saturated rings. The molecule has 11 heavy (non-hydrogen) atoms. The highest BCUT2D eigenvalue weighted by molar-refractivity contribution is 7.84. The molecule has 1 rings (SSSR count). The minimum atomic E-state index is -0.528. The Bertz CT molecular complexity index is 178. The van der Waals surface area contributed by atoms with Crippen LogP contribution in [-0.4, -0.2) is 9.15 Å². The van der Waals surface area contributed by atoms with Crippen LogP contribution >= 0.6 is 48.5 Å². The highest BCUT2D eigenvalue weighted by atomic mass is 35.5. The highest BCUT2D eigenvalue weighted by Crippen LogP contribution is 2.02. The topological polar surface area (TPSA) is 12.9 Å². The Morgan fingerprint density at radius 2 is 1.91 bits per heavy atom. The minimum Gasteiger partial charge on any atom is -0.250 e. The normalized spacial score (nSPS) is 8.82. The van der Waals surface area contributed by atoms with E-state index < -0.39 is 4.17 Å². The fourth-order valence-corrected chi connectivity index (χ4v) is 0.506. The van der Waals surface area contributed by atoms with Gasteiger partial charge in [0, 0.05) is 6.20 Å². The average Bonchev–Trinajstić information content (AvgIpc) is 1.87. The van der Waals surface area contributed by atoms with Gasteiger partial charge in [-0.2, -0.15) is 0 Å². The zero-order chi connectivity index (χ0) is 8.69. The van der Waals surface area contributed by atoms with Gasteiger partial charge in [0.1, 0.15) is 4.17 Å². The molecule has 0 spiro atoms. The Morgan fingerprint density at radius 1 is 1.36 bits per heavy atom. The van der Waals surface area contributed by atoms with Crippen molar-refractivity contribution in [2.75, 3.05) is 0 Å². The van der Waals surface area contributed by atoms with E-state index in [2.05, 4.69) is 30.2 Å². The molecule has 0 N–H and O–H groups in total. The van der Waals surface area contributed by atoms with Gasteiger partial charge in [-0.25, -0.2) is 0 Å². The molecule has 0 aromatic carbocycles. The summed E-state index contributed by atoms with van der Waals surface area (Å²) in [5.74, 6) is 0. The molecule has 0 bridgehead atoms. The smallest absolute Gasteiger partial charge is 0.150 e. The largest absolute Gasteiger partial charge is 0.250 e. The molecule has 0 atom stereocenters. The number of thiol groups is 2. The predicted octanol–water partition coefficient (Wildman–Crippen LogP) is 3.05. The average molecular weight is 228 g/mol. The van der Waals surface area contributed by atoms with Gasteiger partial charge < -0.3 is 0 Å². The van der Waals surface area contributed by atoms with Crippen LogP contribution in [0.1, 0.15) is 0 Å². The van der Waals surface area contributed by atoms with Gasteiger partial charge in [-0.15, -0.1) is 25.3 Å². The van der Waals surface area contributed by atoms with E-state index in [0.29, 0.717) is 0 Å². The quantitative estimate of drug-likeness (QED) is 0.514. The first kappa shape index (κ1) is 11.4. The molecule has 0 aliphatic carbocycles. The van der Waals surface area contributed by atoms with Crippen LogP contribution in [0.2, 0.25) is 0 Å². The van der Waals surface area contributed by atoms with Crippen molar-refractivity contribution in [1.29, 1.82) is 0 Å². The molecule has 0 amide bonds. The molecule has 5 heteroatoms. The second-order valence-electron chi connectivity index (χ2n) is 1.47. The van der Waals surface area contributed by atoms with E-state index >= 15 is 0 Å². The Morgan fingerprint density at radius 3 is 2.09 bits per heavy atom. The summed E-state index contributed by atoms with van der Waals surface area (Å²) in [7, 11) is 0. The van der Waals surface area contributed by atoms with Crippen LogP contribution in [0, 0.1) is 0 Å². The number of halogens is 2. The summed E-state index contributed by atoms with van der Waals surface area (Å²) < 4.78 is -0.528. The van der Waals surface area contributed by atoms with Crippen LogP contribution in [0.4, 0.5) is 0 Å². The fourth-order valence-electron chi connectivity index (χ4n) is 0.354. The maximum atomic E-state index is 4.90. The number of aromatic nitrogens is 1. The lowest BCUT2D eigenvalue weighted by Crippen LogP contribution is -1.67. The van der Waals surface area contributed by atoms with Crippen LogP contribution in [0.15, 0.2) is 29.4 Å². The lowest BCUT2D eigenvalue weighted by molar-refractivity contribution is 1.14. The summed E-state index contributed by atoms with van der Waals surface area (Å²) >= 11 is 17.3. The van der Waals surface area contributed by atoms with E-state index in [9.17, 15) is 0 Å². The lowest BCUT2D eigenvalue weighted by Gasteiger charge is -1.81. The number of hydrogen-bond acceptors (Lipinski definition) is 3. The number of alkyl halides is 2. The molecular formula is C6H7Cl2NS2. The fraction of sp³-hybridized carbons (Fsp3) is 0.167. The second kappa shape index (κ2) is 7.10. The Balaban J connectivity index is 0.000000218. The van der Waals surface area contributed by atoms with Gasteiger partial charge >= 0.3 is 0 Å². The summed E-state index contributed by atoms with van der Waals surface area (Å²) in [6.07, 6.45) is 1.71. The molecule has 1 aromatic rings. The van der Waals surface area contributed by atoms with E-state index in [4.69, 9.17) is 23.2 Å².